The summed E-state index contributed by atoms with van der Waals surface area (Å²) in [5, 5.41) is 2.97. The number of nitrogens with zero attached hydrogens (tertiary/aromatic N) is 3. The van der Waals surface area contributed by atoms with Crippen LogP contribution in [0.5, 0.6) is 5.75 Å². The number of benzene rings is 2. The molecule has 0 aliphatic carbocycles. The Morgan fingerprint density at radius 2 is 1.77 bits per heavy atom. The lowest BCUT2D eigenvalue weighted by molar-refractivity contribution is 0.0953. The number of hydrogen-bond acceptors (Lipinski definition) is 5. The van der Waals surface area contributed by atoms with Crippen LogP contribution in [0.15, 0.2) is 48.5 Å². The van der Waals surface area contributed by atoms with E-state index in [4.69, 9.17) is 20.4 Å². The van der Waals surface area contributed by atoms with Crippen molar-refractivity contribution in [3.63, 3.8) is 0 Å². The number of unbranched alkanes of at least 4 members (excludes halogenated alkanes) is 2. The number of carbonyl (C=O) groups is 1. The summed E-state index contributed by atoms with van der Waals surface area (Å²) in [6, 6.07) is 15.2. The van der Waals surface area contributed by atoms with Crippen molar-refractivity contribution in [1.82, 2.24) is 19.9 Å². The van der Waals surface area contributed by atoms with Gasteiger partial charge in [-0.15, -0.1) is 0 Å². The van der Waals surface area contributed by atoms with Gasteiger partial charge in [-0.2, -0.15) is 0 Å². The van der Waals surface area contributed by atoms with E-state index in [9.17, 15) is 4.79 Å². The first-order valence-corrected chi connectivity index (χ1v) is 10.6. The SMILES string of the molecule is CCCCCn1c(N)c(C(=O)NCc2ccccc2OC)c2nc3ccccc3nc21. The monoisotopic (exact) mass is 417 g/mol. The van der Waals surface area contributed by atoms with Gasteiger partial charge in [0.25, 0.3) is 5.91 Å². The molecule has 2 aromatic heterocycles. The summed E-state index contributed by atoms with van der Waals surface area (Å²) in [5.74, 6) is 0.856. The molecule has 7 nitrogen and oxygen atoms in total. The summed E-state index contributed by atoms with van der Waals surface area (Å²) in [6.07, 6.45) is 3.14. The number of nitrogen functional groups attached to an aromatic ring is 1. The molecule has 4 aromatic rings. The highest BCUT2D eigenvalue weighted by atomic mass is 16.5. The van der Waals surface area contributed by atoms with Crippen molar-refractivity contribution < 1.29 is 9.53 Å². The van der Waals surface area contributed by atoms with Gasteiger partial charge in [-0.1, -0.05) is 50.1 Å². The molecule has 31 heavy (non-hydrogen) atoms. The summed E-state index contributed by atoms with van der Waals surface area (Å²) < 4.78 is 7.30. The lowest BCUT2D eigenvalue weighted by Gasteiger charge is -2.10. The van der Waals surface area contributed by atoms with Crippen molar-refractivity contribution >= 4 is 33.9 Å². The van der Waals surface area contributed by atoms with Crippen LogP contribution < -0.4 is 15.8 Å². The van der Waals surface area contributed by atoms with Gasteiger partial charge in [-0.3, -0.25) is 4.79 Å². The van der Waals surface area contributed by atoms with E-state index < -0.39 is 0 Å². The van der Waals surface area contributed by atoms with Crippen LogP contribution in [-0.4, -0.2) is 27.6 Å². The number of methoxy groups -OCH3 is 1. The molecule has 0 unspecified atom stereocenters. The van der Waals surface area contributed by atoms with E-state index in [1.54, 1.807) is 7.11 Å². The molecule has 0 saturated heterocycles. The van der Waals surface area contributed by atoms with Crippen LogP contribution in [0.3, 0.4) is 0 Å². The van der Waals surface area contributed by atoms with Crippen LogP contribution in [0, 0.1) is 0 Å². The zero-order chi connectivity index (χ0) is 21.8. The van der Waals surface area contributed by atoms with Gasteiger partial charge in [-0.05, 0) is 24.6 Å². The number of amides is 1. The van der Waals surface area contributed by atoms with Crippen LogP contribution in [0.2, 0.25) is 0 Å². The van der Waals surface area contributed by atoms with Gasteiger partial charge in [0.15, 0.2) is 5.65 Å². The van der Waals surface area contributed by atoms with E-state index in [1.165, 1.54) is 0 Å². The van der Waals surface area contributed by atoms with E-state index in [2.05, 4.69) is 12.2 Å². The lowest BCUT2D eigenvalue weighted by atomic mass is 10.2. The molecule has 0 fully saturated rings. The molecule has 1 amide bonds. The molecule has 160 valence electrons. The number of nitrogens with two attached hydrogens (primary N) is 1. The number of aryl methyl sites for hydroxylation is 1. The largest absolute Gasteiger partial charge is 0.496 e. The summed E-state index contributed by atoms with van der Waals surface area (Å²) >= 11 is 0. The van der Waals surface area contributed by atoms with Crippen LogP contribution >= 0.6 is 0 Å². The average molecular weight is 418 g/mol. The van der Waals surface area contributed by atoms with Crippen molar-refractivity contribution in [2.45, 2.75) is 39.3 Å². The Hall–Kier alpha value is -3.61. The number of hydrogen-bond donors (Lipinski definition) is 2. The Labute approximate surface area is 181 Å². The van der Waals surface area contributed by atoms with Gasteiger partial charge in [0.1, 0.15) is 22.6 Å². The molecule has 0 aliphatic rings. The Bertz CT molecular complexity index is 1230. The summed E-state index contributed by atoms with van der Waals surface area (Å²) in [7, 11) is 1.61. The smallest absolute Gasteiger partial charge is 0.257 e. The molecule has 4 rings (SSSR count). The second-order valence-electron chi connectivity index (χ2n) is 7.50. The topological polar surface area (TPSA) is 95.1 Å². The molecule has 0 saturated carbocycles. The Balaban J connectivity index is 1.73. The Morgan fingerprint density at radius 3 is 2.52 bits per heavy atom. The Morgan fingerprint density at radius 1 is 1.06 bits per heavy atom. The number of para-hydroxylation sites is 3. The van der Waals surface area contributed by atoms with Gasteiger partial charge < -0.3 is 20.4 Å². The fourth-order valence-electron chi connectivity index (χ4n) is 3.80. The molecular formula is C24H27N5O2. The molecule has 0 spiro atoms. The summed E-state index contributed by atoms with van der Waals surface area (Å²) in [6.45, 7) is 3.18. The van der Waals surface area contributed by atoms with Gasteiger partial charge in [0.2, 0.25) is 0 Å². The number of carbonyl (C=O) groups excluding carboxylic acids is 1. The van der Waals surface area contributed by atoms with E-state index in [1.807, 2.05) is 53.1 Å². The average Bonchev–Trinajstić information content (AvgIpc) is 3.06. The maximum absolute atomic E-state index is 13.2. The molecule has 0 aliphatic heterocycles. The predicted octanol–water partition coefficient (Wildman–Crippen LogP) is 4.30. The third-order valence-corrected chi connectivity index (χ3v) is 5.44. The standard InChI is InChI=1S/C24H27N5O2/c1-3-4-9-14-29-22(25)20(21-23(29)28-18-12-7-6-11-17(18)27-21)24(30)26-15-16-10-5-8-13-19(16)31-2/h5-8,10-13H,3-4,9,14-15,25H2,1-2H3,(H,26,30). The van der Waals surface area contributed by atoms with Gasteiger partial charge in [-0.25, -0.2) is 9.97 Å². The minimum atomic E-state index is -0.271. The molecule has 0 radical (unpaired) electrons. The minimum Gasteiger partial charge on any atom is -0.496 e. The fraction of sp³-hybridized carbons (Fsp3) is 0.292. The van der Waals surface area contributed by atoms with Crippen molar-refractivity contribution in [3.05, 3.63) is 59.7 Å². The zero-order valence-corrected chi connectivity index (χ0v) is 17.9. The van der Waals surface area contributed by atoms with Gasteiger partial charge in [0, 0.05) is 18.7 Å². The lowest BCUT2D eigenvalue weighted by Crippen LogP contribution is -2.24. The molecule has 0 atom stereocenters. The number of ether oxygens (including phenoxy) is 1. The van der Waals surface area contributed by atoms with E-state index in [0.717, 1.165) is 41.6 Å². The zero-order valence-electron chi connectivity index (χ0n) is 17.9. The third kappa shape index (κ3) is 4.03. The molecule has 2 heterocycles. The number of nitrogens with one attached hydrogen (secondary N) is 1. The van der Waals surface area contributed by atoms with E-state index in [0.29, 0.717) is 35.6 Å². The first kappa shape index (κ1) is 20.7. The highest BCUT2D eigenvalue weighted by Crippen LogP contribution is 2.28. The van der Waals surface area contributed by atoms with Gasteiger partial charge in [0.05, 0.1) is 18.1 Å². The van der Waals surface area contributed by atoms with Gasteiger partial charge >= 0.3 is 0 Å². The number of aromatic nitrogens is 3. The second-order valence-corrected chi connectivity index (χ2v) is 7.50. The van der Waals surface area contributed by atoms with Crippen molar-refractivity contribution in [2.24, 2.45) is 0 Å². The second kappa shape index (κ2) is 9.04. The molecule has 7 heteroatoms. The Kier molecular flexibility index (Phi) is 6.02. The number of rotatable bonds is 8. The number of anilines is 1. The minimum absolute atomic E-state index is 0.271. The van der Waals surface area contributed by atoms with Crippen LogP contribution in [0.4, 0.5) is 5.82 Å². The molecular weight excluding hydrogens is 390 g/mol. The first-order valence-electron chi connectivity index (χ1n) is 10.6. The fourth-order valence-corrected chi connectivity index (χ4v) is 3.80. The van der Waals surface area contributed by atoms with Crippen LogP contribution in [0.25, 0.3) is 22.2 Å². The first-order chi connectivity index (χ1) is 15.1. The highest BCUT2D eigenvalue weighted by molar-refractivity contribution is 6.10. The summed E-state index contributed by atoms with van der Waals surface area (Å²) in [5.41, 5.74) is 10.4. The third-order valence-electron chi connectivity index (χ3n) is 5.44. The predicted molar refractivity (Wildman–Crippen MR) is 123 cm³/mol. The van der Waals surface area contributed by atoms with Crippen LogP contribution in [-0.2, 0) is 13.1 Å². The molecule has 0 bridgehead atoms. The highest BCUT2D eigenvalue weighted by Gasteiger charge is 2.23. The maximum atomic E-state index is 13.2. The quantitative estimate of drug-likeness (QED) is 0.417. The van der Waals surface area contributed by atoms with Crippen molar-refractivity contribution in [1.29, 1.82) is 0 Å². The van der Waals surface area contributed by atoms with Crippen molar-refractivity contribution in [3.8, 4) is 5.75 Å². The maximum Gasteiger partial charge on any atom is 0.257 e. The molecule has 3 N–H and O–H groups in total. The van der Waals surface area contributed by atoms with Crippen molar-refractivity contribution in [2.75, 3.05) is 12.8 Å². The normalized spacial score (nSPS) is 11.2. The van der Waals surface area contributed by atoms with E-state index in [-0.39, 0.29) is 5.91 Å². The molecule has 2 aromatic carbocycles. The van der Waals surface area contributed by atoms with E-state index >= 15 is 0 Å². The number of fused-ring (bicyclic) bond motifs is 2. The van der Waals surface area contributed by atoms with Crippen LogP contribution in [0.1, 0.15) is 42.1 Å². The summed E-state index contributed by atoms with van der Waals surface area (Å²) in [4.78, 5) is 22.8.